The van der Waals surface area contributed by atoms with Crippen LogP contribution in [-0.2, 0) is 0 Å². The van der Waals surface area contributed by atoms with Crippen molar-refractivity contribution in [3.05, 3.63) is 22.2 Å². The molecule has 0 bridgehead atoms. The van der Waals surface area contributed by atoms with Crippen molar-refractivity contribution in [1.82, 2.24) is 44.9 Å². The first-order chi connectivity index (χ1) is 12.8. The first kappa shape index (κ1) is 21.3. The minimum atomic E-state index is 0.429. The molecule has 9 nitrogen and oxygen atoms in total. The molecule has 4 heterocycles. The van der Waals surface area contributed by atoms with Crippen LogP contribution in [0.3, 0.4) is 0 Å². The topological polar surface area (TPSA) is 125 Å². The fraction of sp³-hybridized carbons (Fsp3) is 0. The molecule has 0 fully saturated rings. The highest BCUT2D eigenvalue weighted by molar-refractivity contribution is 14.1. The maximum absolute atomic E-state index is 4.57. The highest BCUT2D eigenvalue weighted by Crippen LogP contribution is 2.25. The summed E-state index contributed by atoms with van der Waals surface area (Å²) >= 11 is 13.1. The van der Waals surface area contributed by atoms with Gasteiger partial charge >= 0.3 is 0 Å². The van der Waals surface area contributed by atoms with Gasteiger partial charge in [0.25, 0.3) is 0 Å². The lowest BCUT2D eigenvalue weighted by molar-refractivity contribution is 1.01. The monoisotopic (exact) mass is 1030 g/mol. The van der Waals surface area contributed by atoms with Gasteiger partial charge in [0.2, 0.25) is 0 Å². The van der Waals surface area contributed by atoms with Crippen LogP contribution in [0.15, 0.2) is 0 Å². The second-order valence-electron chi connectivity index (χ2n) is 4.88. The summed E-state index contributed by atoms with van der Waals surface area (Å²) in [6.45, 7) is 0. The molecule has 0 spiro atoms. The van der Waals surface area contributed by atoms with Crippen LogP contribution in [0.1, 0.15) is 0 Å². The fourth-order valence-corrected chi connectivity index (χ4v) is 4.26. The zero-order chi connectivity index (χ0) is 19.3. The van der Waals surface area contributed by atoms with Crippen molar-refractivity contribution in [1.29, 1.82) is 0 Å². The summed E-state index contributed by atoms with van der Waals surface area (Å²) in [4.78, 5) is 36.8. The Balaban J connectivity index is 1.93. The number of aromatic nitrogens is 9. The van der Waals surface area contributed by atoms with E-state index in [1.54, 1.807) is 0 Å². The first-order valence-corrected chi connectivity index (χ1v) is 13.3. The van der Waals surface area contributed by atoms with Gasteiger partial charge in [-0.2, -0.15) is 0 Å². The van der Waals surface area contributed by atoms with Crippen molar-refractivity contribution >= 4 is 136 Å². The van der Waals surface area contributed by atoms with Crippen molar-refractivity contribution < 1.29 is 0 Å². The van der Waals surface area contributed by atoms with Crippen LogP contribution < -0.4 is 0 Å². The average molecular weight is 1030 g/mol. The molecule has 0 unspecified atom stereocenters. The molecule has 4 aromatic heterocycles. The molecule has 3 N–H and O–H groups in total. The second-order valence-corrected chi connectivity index (χ2v) is 11.2. The number of nitrogens with zero attached hydrogens (tertiary/aromatic N) is 6. The van der Waals surface area contributed by atoms with E-state index in [2.05, 4.69) is 180 Å². The Bertz CT molecular complexity index is 948. The Kier molecular flexibility index (Phi) is 6.80. The maximum atomic E-state index is 4.57. The van der Waals surface area contributed by atoms with Crippen molar-refractivity contribution in [3.63, 3.8) is 0 Å². The largest absolute Gasteiger partial charge is 0.330 e. The number of H-pyrrole nitrogens is 3. The SMILES string of the molecule is Ic1nc(-c2nc(-c3nc(I)c(I)[nH]3)nc(-c3nc(I)c(I)[nH]3)n2)[nH]c1I. The molecule has 4 aromatic rings. The van der Waals surface area contributed by atoms with Gasteiger partial charge in [-0.15, -0.1) is 0 Å². The number of nitrogens with one attached hydrogen (secondary N) is 3. The van der Waals surface area contributed by atoms with Crippen LogP contribution in [-0.4, -0.2) is 44.9 Å². The minimum Gasteiger partial charge on any atom is -0.330 e. The Labute approximate surface area is 233 Å². The summed E-state index contributed by atoms with van der Waals surface area (Å²) in [7, 11) is 0. The molecule has 0 amide bonds. The molecule has 0 atom stereocenters. The van der Waals surface area contributed by atoms with Crippen LogP contribution in [0.5, 0.6) is 0 Å². The molecular formula is C12H3I6N9. The van der Waals surface area contributed by atoms with E-state index in [0.29, 0.717) is 34.9 Å². The number of hydrogen-bond donors (Lipinski definition) is 3. The van der Waals surface area contributed by atoms with Crippen LogP contribution in [0.4, 0.5) is 0 Å². The summed E-state index contributed by atoms with van der Waals surface area (Å²) < 4.78 is 5.35. The molecule has 0 aromatic carbocycles. The molecule has 0 aliphatic rings. The Hall–Kier alpha value is 1.02. The third-order valence-electron chi connectivity index (χ3n) is 3.13. The smallest absolute Gasteiger partial charge is 0.200 e. The predicted octanol–water partition coefficient (Wildman–Crippen LogP) is 4.67. The number of rotatable bonds is 3. The van der Waals surface area contributed by atoms with Gasteiger partial charge in [-0.1, -0.05) is 0 Å². The first-order valence-electron chi connectivity index (χ1n) is 6.82. The van der Waals surface area contributed by atoms with E-state index in [4.69, 9.17) is 0 Å². The van der Waals surface area contributed by atoms with E-state index >= 15 is 0 Å². The summed E-state index contributed by atoms with van der Waals surface area (Å²) in [5.41, 5.74) is 0. The molecule has 0 saturated carbocycles. The number of hydrogen-bond acceptors (Lipinski definition) is 6. The van der Waals surface area contributed by atoms with Crippen molar-refractivity contribution in [2.45, 2.75) is 0 Å². The van der Waals surface area contributed by atoms with Gasteiger partial charge in [-0.3, -0.25) is 0 Å². The molecule has 27 heavy (non-hydrogen) atoms. The molecule has 0 radical (unpaired) electrons. The zero-order valence-corrected chi connectivity index (χ0v) is 25.4. The summed E-state index contributed by atoms with van der Waals surface area (Å²) in [5.74, 6) is 3.00. The standard InChI is InChI=1S/C12H3I6N9/c13-1-2(14)20-7(19-1)10-25-11(8-21-3(15)4(16)22-8)27-12(26-10)9-23-5(17)6(18)24-9/h(H,19,20)(H,21,22)(H,23,24). The summed E-state index contributed by atoms with van der Waals surface area (Å²) in [5, 5.41) is 0. The van der Waals surface area contributed by atoms with E-state index in [9.17, 15) is 0 Å². The van der Waals surface area contributed by atoms with Crippen LogP contribution in [0.25, 0.3) is 34.9 Å². The molecule has 0 aliphatic carbocycles. The molecule has 138 valence electrons. The highest BCUT2D eigenvalue weighted by Gasteiger charge is 2.20. The normalized spacial score (nSPS) is 11.3. The van der Waals surface area contributed by atoms with Gasteiger partial charge in [-0.05, 0) is 136 Å². The van der Waals surface area contributed by atoms with Gasteiger partial charge in [0.05, 0.1) is 0 Å². The Morgan fingerprint density at radius 2 is 0.667 bits per heavy atom. The van der Waals surface area contributed by atoms with E-state index < -0.39 is 0 Å². The fourth-order valence-electron chi connectivity index (χ4n) is 2.00. The van der Waals surface area contributed by atoms with Crippen molar-refractivity contribution in [3.8, 4) is 34.9 Å². The lowest BCUT2D eigenvalue weighted by Crippen LogP contribution is -2.02. The number of halogens is 6. The lowest BCUT2D eigenvalue weighted by Gasteiger charge is -2.03. The molecule has 15 heteroatoms. The number of imidazole rings is 3. The summed E-state index contributed by atoms with van der Waals surface area (Å²) in [6, 6.07) is 0. The second kappa shape index (κ2) is 8.64. The van der Waals surface area contributed by atoms with Gasteiger partial charge in [-0.25, -0.2) is 29.9 Å². The lowest BCUT2D eigenvalue weighted by atomic mass is 10.4. The van der Waals surface area contributed by atoms with Gasteiger partial charge in [0, 0.05) is 0 Å². The van der Waals surface area contributed by atoms with Gasteiger partial charge in [0.15, 0.2) is 34.9 Å². The van der Waals surface area contributed by atoms with E-state index in [1.807, 2.05) is 0 Å². The van der Waals surface area contributed by atoms with Crippen LogP contribution in [0, 0.1) is 22.2 Å². The maximum Gasteiger partial charge on any atom is 0.200 e. The Morgan fingerprint density at radius 3 is 0.852 bits per heavy atom. The van der Waals surface area contributed by atoms with E-state index in [1.165, 1.54) is 0 Å². The van der Waals surface area contributed by atoms with Crippen LogP contribution in [0.2, 0.25) is 0 Å². The average Bonchev–Trinajstić information content (AvgIpc) is 3.27. The zero-order valence-electron chi connectivity index (χ0n) is 12.5. The number of aromatic amines is 3. The van der Waals surface area contributed by atoms with E-state index in [0.717, 1.165) is 22.2 Å². The minimum absolute atomic E-state index is 0.429. The molecule has 4 rings (SSSR count). The molecule has 0 saturated heterocycles. The highest BCUT2D eigenvalue weighted by atomic mass is 127. The quantitative estimate of drug-likeness (QED) is 0.257. The predicted molar refractivity (Wildman–Crippen MR) is 149 cm³/mol. The Morgan fingerprint density at radius 1 is 0.407 bits per heavy atom. The van der Waals surface area contributed by atoms with Crippen LogP contribution >= 0.6 is 136 Å². The van der Waals surface area contributed by atoms with Crippen molar-refractivity contribution in [2.24, 2.45) is 0 Å². The summed E-state index contributed by atoms with van der Waals surface area (Å²) in [6.07, 6.45) is 0. The molecular weight excluding hydrogens is 1030 g/mol. The third kappa shape index (κ3) is 4.54. The van der Waals surface area contributed by atoms with Gasteiger partial charge < -0.3 is 15.0 Å². The molecule has 0 aliphatic heterocycles. The van der Waals surface area contributed by atoms with E-state index in [-0.39, 0.29) is 0 Å². The third-order valence-corrected chi connectivity index (χ3v) is 10.9. The van der Waals surface area contributed by atoms with Crippen molar-refractivity contribution in [2.75, 3.05) is 0 Å². The van der Waals surface area contributed by atoms with Gasteiger partial charge in [0.1, 0.15) is 22.2 Å².